The number of carboxylic acids is 1. The van der Waals surface area contributed by atoms with Crippen molar-refractivity contribution in [2.45, 2.75) is 37.4 Å². The van der Waals surface area contributed by atoms with E-state index < -0.39 is 60.9 Å². The van der Waals surface area contributed by atoms with E-state index in [1.165, 1.54) is 24.3 Å². The molecule has 0 aromatic heterocycles. The van der Waals surface area contributed by atoms with E-state index in [1.807, 2.05) is 0 Å². The minimum Gasteiger partial charge on any atom is -0.508 e. The highest BCUT2D eigenvalue weighted by atomic mass is 16.4. The molecule has 0 fully saturated rings. The van der Waals surface area contributed by atoms with E-state index in [0.29, 0.717) is 5.56 Å². The molecule has 0 heterocycles. The second-order valence-electron chi connectivity index (χ2n) is 6.90. The number of benzene rings is 1. The van der Waals surface area contributed by atoms with Crippen LogP contribution in [0.1, 0.15) is 18.4 Å². The summed E-state index contributed by atoms with van der Waals surface area (Å²) in [4.78, 5) is 58.5. The quantitative estimate of drug-likeness (QED) is 0.149. The molecule has 10 N–H and O–H groups in total. The number of phenolic OH excluding ortho intramolecular Hbond substituents is 1. The van der Waals surface area contributed by atoms with Gasteiger partial charge >= 0.3 is 5.97 Å². The van der Waals surface area contributed by atoms with Crippen LogP contribution in [0.15, 0.2) is 24.3 Å². The van der Waals surface area contributed by atoms with Crippen LogP contribution in [0.3, 0.4) is 0 Å². The van der Waals surface area contributed by atoms with Gasteiger partial charge in [0.15, 0.2) is 0 Å². The first-order valence-electron chi connectivity index (χ1n) is 9.56. The van der Waals surface area contributed by atoms with E-state index >= 15 is 0 Å². The van der Waals surface area contributed by atoms with Crippen molar-refractivity contribution in [3.8, 4) is 5.75 Å². The highest BCUT2D eigenvalue weighted by Gasteiger charge is 2.26. The molecule has 0 saturated heterocycles. The van der Waals surface area contributed by atoms with E-state index in [0.717, 1.165) is 0 Å². The van der Waals surface area contributed by atoms with Gasteiger partial charge in [0.05, 0.1) is 19.2 Å². The highest BCUT2D eigenvalue weighted by molar-refractivity contribution is 5.92. The van der Waals surface area contributed by atoms with Crippen molar-refractivity contribution in [2.24, 2.45) is 11.5 Å². The maximum Gasteiger partial charge on any atom is 0.328 e. The van der Waals surface area contributed by atoms with Gasteiger partial charge in [-0.15, -0.1) is 0 Å². The summed E-state index contributed by atoms with van der Waals surface area (Å²) in [7, 11) is 0. The lowest BCUT2D eigenvalue weighted by Crippen LogP contribution is -2.55. The number of primary amides is 1. The van der Waals surface area contributed by atoms with E-state index in [9.17, 15) is 29.1 Å². The van der Waals surface area contributed by atoms with Gasteiger partial charge in [0, 0.05) is 12.8 Å². The number of hydrogen-bond donors (Lipinski definition) is 8. The highest BCUT2D eigenvalue weighted by Crippen LogP contribution is 2.11. The number of phenols is 1. The predicted octanol–water partition coefficient (Wildman–Crippen LogP) is -3.31. The average molecular weight is 453 g/mol. The normalized spacial score (nSPS) is 13.3. The maximum absolute atomic E-state index is 12.5. The number of carboxylic acid groups (broad SMARTS) is 1. The molecule has 0 saturated carbocycles. The standard InChI is InChI=1S/C19H27N5O8/c20-12(5-6-15(21)27)17(29)22-8-16(28)23-13(7-10-1-3-11(26)4-2-10)18(30)24-14(9-25)19(31)32/h1-4,12-14,25-26H,5-9,20H2,(H2,21,27)(H,22,29)(H,23,28)(H,24,30)(H,31,32). The van der Waals surface area contributed by atoms with Crippen LogP contribution in [0.2, 0.25) is 0 Å². The lowest BCUT2D eigenvalue weighted by molar-refractivity contribution is -0.143. The van der Waals surface area contributed by atoms with Crippen LogP contribution >= 0.6 is 0 Å². The Balaban J connectivity index is 2.78. The third-order valence-electron chi connectivity index (χ3n) is 4.29. The molecule has 1 aromatic carbocycles. The molecule has 0 aliphatic heterocycles. The van der Waals surface area contributed by atoms with Gasteiger partial charge < -0.3 is 42.7 Å². The van der Waals surface area contributed by atoms with E-state index in [-0.39, 0.29) is 25.0 Å². The number of carbonyl (C=O) groups is 5. The van der Waals surface area contributed by atoms with Crippen LogP contribution in [0, 0.1) is 0 Å². The van der Waals surface area contributed by atoms with Crippen LogP contribution in [0.25, 0.3) is 0 Å². The number of nitrogens with two attached hydrogens (primary N) is 2. The smallest absolute Gasteiger partial charge is 0.328 e. The predicted molar refractivity (Wildman–Crippen MR) is 110 cm³/mol. The number of amides is 4. The number of aliphatic hydroxyl groups is 1. The Labute approximate surface area is 183 Å². The fraction of sp³-hybridized carbons (Fsp3) is 0.421. The molecule has 1 rings (SSSR count). The summed E-state index contributed by atoms with van der Waals surface area (Å²) in [6.07, 6.45) is -0.181. The topological polar surface area (TPSA) is 234 Å². The molecule has 3 unspecified atom stereocenters. The number of nitrogens with one attached hydrogen (secondary N) is 3. The molecule has 0 aliphatic rings. The number of rotatable bonds is 13. The Kier molecular flexibility index (Phi) is 10.6. The Bertz CT molecular complexity index is 830. The number of carbonyl (C=O) groups excluding carboxylic acids is 4. The van der Waals surface area contributed by atoms with Gasteiger partial charge in [-0.25, -0.2) is 4.79 Å². The van der Waals surface area contributed by atoms with Crippen LogP contribution in [-0.2, 0) is 30.4 Å². The summed E-state index contributed by atoms with van der Waals surface area (Å²) in [5.41, 5.74) is 11.1. The van der Waals surface area contributed by atoms with Crippen molar-refractivity contribution in [1.29, 1.82) is 0 Å². The fourth-order valence-corrected chi connectivity index (χ4v) is 2.51. The first kappa shape index (κ1) is 26.3. The van der Waals surface area contributed by atoms with Crippen LogP contribution in [0.4, 0.5) is 0 Å². The molecule has 0 spiro atoms. The zero-order valence-electron chi connectivity index (χ0n) is 17.1. The molecule has 32 heavy (non-hydrogen) atoms. The average Bonchev–Trinajstić information content (AvgIpc) is 2.74. The maximum atomic E-state index is 12.5. The molecule has 4 amide bonds. The monoisotopic (exact) mass is 453 g/mol. The van der Waals surface area contributed by atoms with E-state index in [2.05, 4.69) is 16.0 Å². The summed E-state index contributed by atoms with van der Waals surface area (Å²) in [5, 5.41) is 34.2. The Hall–Kier alpha value is -3.71. The van der Waals surface area contributed by atoms with E-state index in [4.69, 9.17) is 21.7 Å². The molecule has 0 radical (unpaired) electrons. The molecule has 0 aliphatic carbocycles. The largest absolute Gasteiger partial charge is 0.508 e. The SMILES string of the molecule is NC(=O)CCC(N)C(=O)NCC(=O)NC(Cc1ccc(O)cc1)C(=O)NC(CO)C(=O)O. The zero-order valence-corrected chi connectivity index (χ0v) is 17.1. The summed E-state index contributed by atoms with van der Waals surface area (Å²) in [6.45, 7) is -1.40. The van der Waals surface area contributed by atoms with Crippen LogP contribution in [0.5, 0.6) is 5.75 Å². The van der Waals surface area contributed by atoms with Gasteiger partial charge in [-0.2, -0.15) is 0 Å². The van der Waals surface area contributed by atoms with Gasteiger partial charge in [-0.3, -0.25) is 19.2 Å². The molecular weight excluding hydrogens is 426 g/mol. The third-order valence-corrected chi connectivity index (χ3v) is 4.29. The van der Waals surface area contributed by atoms with Gasteiger partial charge in [-0.05, 0) is 24.1 Å². The van der Waals surface area contributed by atoms with Crippen LogP contribution < -0.4 is 27.4 Å². The number of hydrogen-bond acceptors (Lipinski definition) is 8. The number of aromatic hydroxyl groups is 1. The first-order valence-corrected chi connectivity index (χ1v) is 9.56. The molecule has 13 heteroatoms. The third kappa shape index (κ3) is 9.40. The van der Waals surface area contributed by atoms with Crippen molar-refractivity contribution in [3.63, 3.8) is 0 Å². The Morgan fingerprint density at radius 3 is 2.12 bits per heavy atom. The summed E-state index contributed by atoms with van der Waals surface area (Å²) >= 11 is 0. The van der Waals surface area contributed by atoms with Gasteiger partial charge in [0.25, 0.3) is 0 Å². The minimum atomic E-state index is -1.58. The molecular formula is C19H27N5O8. The van der Waals surface area contributed by atoms with Crippen molar-refractivity contribution in [3.05, 3.63) is 29.8 Å². The molecule has 176 valence electrons. The number of aliphatic carboxylic acids is 1. The summed E-state index contributed by atoms with van der Waals surface area (Å²) in [6, 6.07) is 1.85. The lowest BCUT2D eigenvalue weighted by atomic mass is 10.0. The van der Waals surface area contributed by atoms with Crippen molar-refractivity contribution < 1.29 is 39.3 Å². The minimum absolute atomic E-state index is 0.00753. The van der Waals surface area contributed by atoms with Gasteiger partial charge in [-0.1, -0.05) is 12.1 Å². The zero-order chi connectivity index (χ0) is 24.3. The number of aliphatic hydroxyl groups excluding tert-OH is 1. The van der Waals surface area contributed by atoms with Gasteiger partial charge in [0.1, 0.15) is 17.8 Å². The molecule has 13 nitrogen and oxygen atoms in total. The molecule has 0 bridgehead atoms. The van der Waals surface area contributed by atoms with Gasteiger partial charge in [0.2, 0.25) is 23.6 Å². The Morgan fingerprint density at radius 2 is 1.59 bits per heavy atom. The lowest BCUT2D eigenvalue weighted by Gasteiger charge is -2.21. The van der Waals surface area contributed by atoms with E-state index in [1.54, 1.807) is 0 Å². The van der Waals surface area contributed by atoms with Crippen molar-refractivity contribution in [1.82, 2.24) is 16.0 Å². The Morgan fingerprint density at radius 1 is 0.969 bits per heavy atom. The van der Waals surface area contributed by atoms with Crippen molar-refractivity contribution in [2.75, 3.05) is 13.2 Å². The second kappa shape index (κ2) is 12.9. The molecule has 3 atom stereocenters. The molecule has 1 aromatic rings. The summed E-state index contributed by atoms with van der Waals surface area (Å²) < 4.78 is 0. The summed E-state index contributed by atoms with van der Waals surface area (Å²) in [5.74, 6) is -4.45. The van der Waals surface area contributed by atoms with Crippen molar-refractivity contribution >= 4 is 29.6 Å². The fourth-order valence-electron chi connectivity index (χ4n) is 2.51. The van der Waals surface area contributed by atoms with Crippen LogP contribution in [-0.4, -0.2) is 76.2 Å². The first-order chi connectivity index (χ1) is 15.0. The second-order valence-corrected chi connectivity index (χ2v) is 6.90.